The molecule has 0 saturated carbocycles. The highest BCUT2D eigenvalue weighted by Gasteiger charge is 2.08. The van der Waals surface area contributed by atoms with E-state index in [4.69, 9.17) is 17.4 Å². The van der Waals surface area contributed by atoms with Crippen molar-refractivity contribution in [3.8, 4) is 0 Å². The first-order valence-corrected chi connectivity index (χ1v) is 7.09. The third kappa shape index (κ3) is 3.56. The Bertz CT molecular complexity index is 569. The van der Waals surface area contributed by atoms with Gasteiger partial charge in [-0.05, 0) is 32.4 Å². The van der Waals surface area contributed by atoms with Gasteiger partial charge < -0.3 is 10.7 Å². The van der Waals surface area contributed by atoms with Crippen LogP contribution < -0.4 is 16.6 Å². The predicted molar refractivity (Wildman–Crippen MR) is 80.8 cm³/mol. The van der Waals surface area contributed by atoms with Crippen molar-refractivity contribution in [2.75, 3.05) is 17.3 Å². The van der Waals surface area contributed by atoms with Crippen LogP contribution in [0.3, 0.4) is 0 Å². The molecule has 4 N–H and O–H groups in total. The zero-order chi connectivity index (χ0) is 13.8. The number of hydrazine groups is 1. The molecule has 2 aromatic rings. The van der Waals surface area contributed by atoms with Gasteiger partial charge in [0.1, 0.15) is 17.5 Å². The van der Waals surface area contributed by atoms with Gasteiger partial charge in [0.05, 0.1) is 4.34 Å². The van der Waals surface area contributed by atoms with Crippen molar-refractivity contribution in [2.45, 2.75) is 20.3 Å². The van der Waals surface area contributed by atoms with Gasteiger partial charge in [0.2, 0.25) is 0 Å². The highest BCUT2D eigenvalue weighted by Crippen LogP contribution is 2.22. The SMILES string of the molecule is Cc1nc(NN)c(C)c(NCCc2ccc(Cl)s2)n1. The molecule has 7 heteroatoms. The second-order valence-corrected chi connectivity index (χ2v) is 5.92. The summed E-state index contributed by atoms with van der Waals surface area (Å²) in [6.07, 6.45) is 0.908. The van der Waals surface area contributed by atoms with Gasteiger partial charge in [0, 0.05) is 17.0 Å². The minimum absolute atomic E-state index is 0.647. The Morgan fingerprint density at radius 2 is 2.00 bits per heavy atom. The molecule has 0 spiro atoms. The summed E-state index contributed by atoms with van der Waals surface area (Å²) in [5.41, 5.74) is 3.50. The smallest absolute Gasteiger partial charge is 0.148 e. The number of halogens is 1. The summed E-state index contributed by atoms with van der Waals surface area (Å²) in [4.78, 5) is 9.84. The number of hydrogen-bond acceptors (Lipinski definition) is 6. The molecule has 0 bridgehead atoms. The van der Waals surface area contributed by atoms with Crippen LogP contribution in [0.4, 0.5) is 11.6 Å². The largest absolute Gasteiger partial charge is 0.369 e. The zero-order valence-electron chi connectivity index (χ0n) is 10.8. The summed E-state index contributed by atoms with van der Waals surface area (Å²) in [7, 11) is 0. The Balaban J connectivity index is 2.01. The molecule has 2 rings (SSSR count). The fourth-order valence-corrected chi connectivity index (χ4v) is 2.82. The Morgan fingerprint density at radius 1 is 1.26 bits per heavy atom. The molecule has 102 valence electrons. The number of aromatic nitrogens is 2. The molecule has 0 aliphatic carbocycles. The first-order valence-electron chi connectivity index (χ1n) is 5.90. The maximum atomic E-state index is 5.90. The highest BCUT2D eigenvalue weighted by molar-refractivity contribution is 7.16. The van der Waals surface area contributed by atoms with E-state index >= 15 is 0 Å². The van der Waals surface area contributed by atoms with Gasteiger partial charge in [-0.15, -0.1) is 11.3 Å². The van der Waals surface area contributed by atoms with Crippen molar-refractivity contribution in [1.29, 1.82) is 0 Å². The van der Waals surface area contributed by atoms with E-state index in [0.29, 0.717) is 11.6 Å². The van der Waals surface area contributed by atoms with Crippen LogP contribution in [0.15, 0.2) is 12.1 Å². The molecule has 0 fully saturated rings. The second kappa shape index (κ2) is 6.18. The number of rotatable bonds is 5. The number of nitrogens with two attached hydrogens (primary N) is 1. The van der Waals surface area contributed by atoms with Gasteiger partial charge >= 0.3 is 0 Å². The summed E-state index contributed by atoms with van der Waals surface area (Å²) < 4.78 is 0.818. The second-order valence-electron chi connectivity index (χ2n) is 4.12. The van der Waals surface area contributed by atoms with E-state index < -0.39 is 0 Å². The molecule has 5 nitrogen and oxygen atoms in total. The van der Waals surface area contributed by atoms with E-state index in [1.54, 1.807) is 11.3 Å². The molecular formula is C12H16ClN5S. The zero-order valence-corrected chi connectivity index (χ0v) is 12.4. The van der Waals surface area contributed by atoms with Crippen molar-refractivity contribution in [3.63, 3.8) is 0 Å². The summed E-state index contributed by atoms with van der Waals surface area (Å²) in [6.45, 7) is 4.56. The minimum atomic E-state index is 0.647. The lowest BCUT2D eigenvalue weighted by Gasteiger charge is -2.12. The lowest BCUT2D eigenvalue weighted by atomic mass is 10.3. The number of aryl methyl sites for hydroxylation is 1. The van der Waals surface area contributed by atoms with E-state index in [2.05, 4.69) is 20.7 Å². The molecule has 2 heterocycles. The summed E-state index contributed by atoms with van der Waals surface area (Å²) in [6, 6.07) is 3.96. The molecule has 0 unspecified atom stereocenters. The van der Waals surface area contributed by atoms with Crippen molar-refractivity contribution < 1.29 is 0 Å². The fourth-order valence-electron chi connectivity index (χ4n) is 1.73. The third-order valence-electron chi connectivity index (χ3n) is 2.69. The molecule has 0 saturated heterocycles. The quantitative estimate of drug-likeness (QED) is 0.584. The van der Waals surface area contributed by atoms with Crippen molar-refractivity contribution >= 4 is 34.6 Å². The van der Waals surface area contributed by atoms with E-state index in [9.17, 15) is 0 Å². The normalized spacial score (nSPS) is 10.5. The summed E-state index contributed by atoms with van der Waals surface area (Å²) in [5.74, 6) is 7.57. The molecular weight excluding hydrogens is 282 g/mol. The van der Waals surface area contributed by atoms with Crippen LogP contribution in [0.2, 0.25) is 4.34 Å². The predicted octanol–water partition coefficient (Wildman–Crippen LogP) is 2.75. The number of nitrogens with zero attached hydrogens (tertiary/aromatic N) is 2. The van der Waals surface area contributed by atoms with Gasteiger partial charge in [-0.25, -0.2) is 15.8 Å². The van der Waals surface area contributed by atoms with Crippen LogP contribution in [0.1, 0.15) is 16.3 Å². The standard InChI is InChI=1S/C12H16ClN5S/c1-7-11(16-8(2)17-12(7)18-14)15-6-5-9-3-4-10(13)19-9/h3-4H,5-6,14H2,1-2H3,(H2,15,16,17,18). The molecule has 0 aromatic carbocycles. The fraction of sp³-hybridized carbons (Fsp3) is 0.333. The van der Waals surface area contributed by atoms with Crippen molar-refractivity contribution in [1.82, 2.24) is 9.97 Å². The average Bonchev–Trinajstić information content (AvgIpc) is 2.79. The Hall–Kier alpha value is -1.37. The van der Waals surface area contributed by atoms with Gasteiger partial charge in [-0.3, -0.25) is 0 Å². The molecule has 0 amide bonds. The van der Waals surface area contributed by atoms with Gasteiger partial charge in [0.15, 0.2) is 0 Å². The van der Waals surface area contributed by atoms with Crippen LogP contribution in [0.5, 0.6) is 0 Å². The molecule has 0 atom stereocenters. The molecule has 2 aromatic heterocycles. The topological polar surface area (TPSA) is 75.9 Å². The first-order chi connectivity index (χ1) is 9.10. The summed E-state index contributed by atoms with van der Waals surface area (Å²) >= 11 is 7.50. The highest BCUT2D eigenvalue weighted by atomic mass is 35.5. The number of hydrogen-bond donors (Lipinski definition) is 3. The van der Waals surface area contributed by atoms with E-state index in [1.807, 2.05) is 26.0 Å². The lowest BCUT2D eigenvalue weighted by Crippen LogP contribution is -2.15. The van der Waals surface area contributed by atoms with Crippen molar-refractivity contribution in [3.05, 3.63) is 32.7 Å². The maximum absolute atomic E-state index is 5.90. The van der Waals surface area contributed by atoms with Gasteiger partial charge in [-0.1, -0.05) is 11.6 Å². The summed E-state index contributed by atoms with van der Waals surface area (Å²) in [5, 5.41) is 3.30. The first kappa shape index (κ1) is 14.0. The Labute approximate surface area is 121 Å². The minimum Gasteiger partial charge on any atom is -0.369 e. The van der Waals surface area contributed by atoms with Crippen LogP contribution in [0.25, 0.3) is 0 Å². The van der Waals surface area contributed by atoms with E-state index in [-0.39, 0.29) is 0 Å². The Kier molecular flexibility index (Phi) is 4.57. The number of nitrogen functional groups attached to an aromatic ring is 1. The van der Waals surface area contributed by atoms with Crippen LogP contribution >= 0.6 is 22.9 Å². The maximum Gasteiger partial charge on any atom is 0.148 e. The molecule has 0 aliphatic rings. The lowest BCUT2D eigenvalue weighted by molar-refractivity contribution is 0.977. The molecule has 0 aliphatic heterocycles. The monoisotopic (exact) mass is 297 g/mol. The molecule has 0 radical (unpaired) electrons. The van der Waals surface area contributed by atoms with E-state index in [0.717, 1.165) is 28.7 Å². The van der Waals surface area contributed by atoms with Crippen LogP contribution in [0, 0.1) is 13.8 Å². The molecule has 19 heavy (non-hydrogen) atoms. The number of nitrogens with one attached hydrogen (secondary N) is 2. The third-order valence-corrected chi connectivity index (χ3v) is 3.98. The number of anilines is 2. The van der Waals surface area contributed by atoms with Gasteiger partial charge in [0.25, 0.3) is 0 Å². The average molecular weight is 298 g/mol. The number of thiophene rings is 1. The van der Waals surface area contributed by atoms with Crippen molar-refractivity contribution in [2.24, 2.45) is 5.84 Å². The van der Waals surface area contributed by atoms with Crippen LogP contribution in [-0.2, 0) is 6.42 Å². The Morgan fingerprint density at radius 3 is 2.63 bits per heavy atom. The van der Waals surface area contributed by atoms with E-state index in [1.165, 1.54) is 4.88 Å². The van der Waals surface area contributed by atoms with Gasteiger partial charge in [-0.2, -0.15) is 0 Å². The van der Waals surface area contributed by atoms with Crippen LogP contribution in [-0.4, -0.2) is 16.5 Å².